The van der Waals surface area contributed by atoms with Crippen molar-refractivity contribution in [1.29, 1.82) is 0 Å². The molecule has 0 saturated heterocycles. The van der Waals surface area contributed by atoms with Gasteiger partial charge in [0.15, 0.2) is 6.10 Å². The molecule has 2 nitrogen and oxygen atoms in total. The molecule has 0 aromatic carbocycles. The topological polar surface area (TPSA) is 26.3 Å². The van der Waals surface area contributed by atoms with Crippen molar-refractivity contribution in [3.8, 4) is 22.1 Å². The Bertz CT molecular complexity index is 546. The Morgan fingerprint density at radius 2 is 2.24 bits per heavy atom. The fourth-order valence-corrected chi connectivity index (χ4v) is 3.22. The van der Waals surface area contributed by atoms with Gasteiger partial charge in [-0.3, -0.25) is 4.79 Å². The van der Waals surface area contributed by atoms with Gasteiger partial charge in [-0.1, -0.05) is 12.0 Å². The Hall–Kier alpha value is -1.57. The predicted molar refractivity (Wildman–Crippen MR) is 71.0 cm³/mol. The molecule has 0 saturated carbocycles. The third-order valence-corrected chi connectivity index (χ3v) is 4.28. The summed E-state index contributed by atoms with van der Waals surface area (Å²) in [5.74, 6) is 2.12. The van der Waals surface area contributed by atoms with Crippen molar-refractivity contribution in [1.82, 2.24) is 0 Å². The number of rotatable bonds is 3. The molecule has 0 N–H and O–H groups in total. The molecule has 0 radical (unpaired) electrons. The smallest absolute Gasteiger partial charge is 0.304 e. The van der Waals surface area contributed by atoms with Crippen molar-refractivity contribution >= 4 is 28.6 Å². The van der Waals surface area contributed by atoms with E-state index in [1.165, 1.54) is 11.8 Å². The monoisotopic (exact) mass is 262 g/mol. The normalized spacial score (nSPS) is 11.8. The van der Waals surface area contributed by atoms with Crippen LogP contribution in [-0.2, 0) is 9.53 Å². The zero-order valence-electron chi connectivity index (χ0n) is 9.17. The quantitative estimate of drug-likeness (QED) is 0.622. The third kappa shape index (κ3) is 2.76. The van der Waals surface area contributed by atoms with Gasteiger partial charge in [0.1, 0.15) is 0 Å². The summed E-state index contributed by atoms with van der Waals surface area (Å²) in [4.78, 5) is 14.1. The van der Waals surface area contributed by atoms with E-state index in [0.717, 1.165) is 9.75 Å². The van der Waals surface area contributed by atoms with Gasteiger partial charge in [-0.25, -0.2) is 0 Å². The molecular weight excluding hydrogens is 252 g/mol. The van der Waals surface area contributed by atoms with E-state index in [9.17, 15) is 4.79 Å². The lowest BCUT2D eigenvalue weighted by Crippen LogP contribution is -2.04. The van der Waals surface area contributed by atoms with E-state index in [4.69, 9.17) is 11.2 Å². The molecule has 86 valence electrons. The average molecular weight is 262 g/mol. The second kappa shape index (κ2) is 5.17. The van der Waals surface area contributed by atoms with Crippen LogP contribution in [0.5, 0.6) is 0 Å². The molecular formula is C13H10O2S2. The zero-order chi connectivity index (χ0) is 12.3. The first-order valence-electron chi connectivity index (χ1n) is 4.97. The van der Waals surface area contributed by atoms with Gasteiger partial charge in [-0.05, 0) is 23.6 Å². The van der Waals surface area contributed by atoms with Crippen molar-refractivity contribution in [3.63, 3.8) is 0 Å². The maximum atomic E-state index is 10.9. The van der Waals surface area contributed by atoms with E-state index in [-0.39, 0.29) is 5.97 Å². The molecule has 0 bridgehead atoms. The van der Waals surface area contributed by atoms with Crippen LogP contribution in [0.25, 0.3) is 9.75 Å². The summed E-state index contributed by atoms with van der Waals surface area (Å²) in [5.41, 5.74) is 0. The molecule has 0 amide bonds. The highest BCUT2D eigenvalue weighted by molar-refractivity contribution is 7.21. The Morgan fingerprint density at radius 1 is 1.41 bits per heavy atom. The SMILES string of the molecule is C#CC(OC(C)=O)c1ccc(-c2cccs2)s1. The Balaban J connectivity index is 2.23. The predicted octanol–water partition coefficient (Wildman–Crippen LogP) is 3.71. The van der Waals surface area contributed by atoms with Crippen LogP contribution >= 0.6 is 22.7 Å². The van der Waals surface area contributed by atoms with Gasteiger partial charge in [0.25, 0.3) is 0 Å². The van der Waals surface area contributed by atoms with Crippen LogP contribution in [0.1, 0.15) is 17.9 Å². The van der Waals surface area contributed by atoms with Crippen molar-refractivity contribution in [2.75, 3.05) is 0 Å². The molecule has 2 aromatic heterocycles. The maximum Gasteiger partial charge on any atom is 0.304 e. The molecule has 2 aromatic rings. The first-order valence-corrected chi connectivity index (χ1v) is 6.67. The lowest BCUT2D eigenvalue weighted by Gasteiger charge is -2.07. The highest BCUT2D eigenvalue weighted by Gasteiger charge is 2.14. The first-order chi connectivity index (χ1) is 8.20. The van der Waals surface area contributed by atoms with E-state index < -0.39 is 6.10 Å². The minimum Gasteiger partial charge on any atom is -0.443 e. The van der Waals surface area contributed by atoms with E-state index in [2.05, 4.69) is 12.0 Å². The van der Waals surface area contributed by atoms with Crippen LogP contribution in [0.4, 0.5) is 0 Å². The zero-order valence-corrected chi connectivity index (χ0v) is 10.8. The van der Waals surface area contributed by atoms with Gasteiger partial charge in [-0.2, -0.15) is 0 Å². The molecule has 2 rings (SSSR count). The summed E-state index contributed by atoms with van der Waals surface area (Å²) in [6.07, 6.45) is 4.79. The molecule has 0 spiro atoms. The second-order valence-corrected chi connectivity index (χ2v) is 5.40. The largest absolute Gasteiger partial charge is 0.443 e. The van der Waals surface area contributed by atoms with E-state index in [1.54, 1.807) is 22.7 Å². The molecule has 0 aliphatic rings. The number of hydrogen-bond acceptors (Lipinski definition) is 4. The fraction of sp³-hybridized carbons (Fsp3) is 0.154. The van der Waals surface area contributed by atoms with Crippen LogP contribution in [0.15, 0.2) is 29.6 Å². The highest BCUT2D eigenvalue weighted by Crippen LogP contribution is 2.34. The van der Waals surface area contributed by atoms with Gasteiger partial charge >= 0.3 is 5.97 Å². The van der Waals surface area contributed by atoms with Crippen molar-refractivity contribution in [2.24, 2.45) is 0 Å². The molecule has 0 fully saturated rings. The minimum atomic E-state index is -0.578. The van der Waals surface area contributed by atoms with Crippen molar-refractivity contribution in [3.05, 3.63) is 34.5 Å². The van der Waals surface area contributed by atoms with E-state index in [1.807, 2.05) is 23.6 Å². The van der Waals surface area contributed by atoms with Gasteiger partial charge < -0.3 is 4.74 Å². The molecule has 1 atom stereocenters. The highest BCUT2D eigenvalue weighted by atomic mass is 32.1. The van der Waals surface area contributed by atoms with Crippen LogP contribution in [-0.4, -0.2) is 5.97 Å². The van der Waals surface area contributed by atoms with Gasteiger partial charge in [0, 0.05) is 16.7 Å². The summed E-state index contributed by atoms with van der Waals surface area (Å²) in [6.45, 7) is 1.36. The second-order valence-electron chi connectivity index (χ2n) is 3.34. The number of ether oxygens (including phenoxy) is 1. The first kappa shape index (κ1) is 11.9. The summed E-state index contributed by atoms with van der Waals surface area (Å²) in [6, 6.07) is 7.97. The van der Waals surface area contributed by atoms with Crippen molar-refractivity contribution in [2.45, 2.75) is 13.0 Å². The van der Waals surface area contributed by atoms with E-state index in [0.29, 0.717) is 0 Å². The summed E-state index contributed by atoms with van der Waals surface area (Å²) >= 11 is 3.23. The molecule has 0 aliphatic heterocycles. The Morgan fingerprint density at radius 3 is 2.82 bits per heavy atom. The van der Waals surface area contributed by atoms with Gasteiger partial charge in [0.2, 0.25) is 0 Å². The lowest BCUT2D eigenvalue weighted by atomic mass is 10.3. The van der Waals surface area contributed by atoms with E-state index >= 15 is 0 Å². The van der Waals surface area contributed by atoms with Gasteiger partial charge in [0.05, 0.1) is 4.88 Å². The third-order valence-electron chi connectivity index (χ3n) is 2.08. The van der Waals surface area contributed by atoms with Crippen LogP contribution in [0.2, 0.25) is 0 Å². The summed E-state index contributed by atoms with van der Waals surface area (Å²) in [5, 5.41) is 2.03. The molecule has 0 aliphatic carbocycles. The number of carbonyl (C=O) groups is 1. The lowest BCUT2D eigenvalue weighted by molar-refractivity contribution is -0.143. The van der Waals surface area contributed by atoms with Crippen LogP contribution < -0.4 is 0 Å². The number of terminal acetylenes is 1. The molecule has 2 heterocycles. The Kier molecular flexibility index (Phi) is 3.62. The van der Waals surface area contributed by atoms with Gasteiger partial charge in [-0.15, -0.1) is 29.1 Å². The number of carbonyl (C=O) groups excluding carboxylic acids is 1. The fourth-order valence-electron chi connectivity index (χ4n) is 1.39. The maximum absolute atomic E-state index is 10.9. The van der Waals surface area contributed by atoms with Crippen molar-refractivity contribution < 1.29 is 9.53 Å². The summed E-state index contributed by atoms with van der Waals surface area (Å²) in [7, 11) is 0. The number of esters is 1. The number of hydrogen-bond donors (Lipinski definition) is 0. The molecule has 1 unspecified atom stereocenters. The summed E-state index contributed by atoms with van der Waals surface area (Å²) < 4.78 is 5.06. The van der Waals surface area contributed by atoms with Crippen LogP contribution in [0.3, 0.4) is 0 Å². The molecule has 17 heavy (non-hydrogen) atoms. The Labute approximate surface area is 108 Å². The minimum absolute atomic E-state index is 0.362. The number of thiophene rings is 2. The van der Waals surface area contributed by atoms with Crippen LogP contribution in [0, 0.1) is 12.3 Å². The molecule has 4 heteroatoms. The average Bonchev–Trinajstić information content (AvgIpc) is 2.95. The standard InChI is InChI=1S/C13H10O2S2/c1-3-10(15-9(2)14)11-6-7-13(17-11)12-5-4-8-16-12/h1,4-8,10H,2H3.